The molecule has 3 N–H and O–H groups in total. The van der Waals surface area contributed by atoms with Gasteiger partial charge in [0.25, 0.3) is 0 Å². The largest absolute Gasteiger partial charge is 0.465 e. The number of anilines is 1. The summed E-state index contributed by atoms with van der Waals surface area (Å²) < 4.78 is 14.3. The normalized spacial score (nSPS) is 12.4. The Morgan fingerprint density at radius 3 is 2.85 bits per heavy atom. The first-order valence-electron chi connectivity index (χ1n) is 10.8. The third-order valence-electron chi connectivity index (χ3n) is 5.70. The number of unbranched alkanes of at least 4 members (excludes halogenated alkanes) is 1. The van der Waals surface area contributed by atoms with E-state index < -0.39 is 6.09 Å². The summed E-state index contributed by atoms with van der Waals surface area (Å²) >= 11 is 0. The third kappa shape index (κ3) is 4.17. The molecule has 4 heterocycles. The minimum atomic E-state index is -0.966. The Balaban J connectivity index is 1.23. The Hall–Kier alpha value is -4.35. The number of ether oxygens (including phenoxy) is 2. The molecule has 1 aliphatic heterocycles. The number of nitrogens with zero attached hydrogens (tertiary/aromatic N) is 7. The van der Waals surface area contributed by atoms with Crippen molar-refractivity contribution in [1.29, 1.82) is 0 Å². The first-order chi connectivity index (χ1) is 16.5. The molecule has 12 heteroatoms. The van der Waals surface area contributed by atoms with E-state index in [1.54, 1.807) is 23.3 Å². The molecule has 0 fully saturated rings. The van der Waals surface area contributed by atoms with Gasteiger partial charge in [-0.3, -0.25) is 4.68 Å². The van der Waals surface area contributed by atoms with Gasteiger partial charge in [0.1, 0.15) is 11.2 Å². The maximum Gasteiger partial charge on any atom is 0.407 e. The van der Waals surface area contributed by atoms with Gasteiger partial charge < -0.3 is 29.8 Å². The number of fused-ring (bicyclic) bond motifs is 2. The lowest BCUT2D eigenvalue weighted by Crippen LogP contribution is -2.30. The molecule has 0 unspecified atom stereocenters. The molecule has 0 radical (unpaired) electrons. The Kier molecular flexibility index (Phi) is 5.62. The van der Waals surface area contributed by atoms with Crippen LogP contribution >= 0.6 is 0 Å². The summed E-state index contributed by atoms with van der Waals surface area (Å²) in [6.07, 6.45) is 3.80. The zero-order valence-corrected chi connectivity index (χ0v) is 18.6. The van der Waals surface area contributed by atoms with E-state index in [0.717, 1.165) is 17.7 Å². The van der Waals surface area contributed by atoms with Crippen LogP contribution in [0.5, 0.6) is 11.5 Å². The highest BCUT2D eigenvalue weighted by atomic mass is 16.7. The zero-order valence-electron chi connectivity index (χ0n) is 18.6. The molecular weight excluding hydrogens is 440 g/mol. The molecule has 1 amide bonds. The number of imidazole rings is 1. The highest BCUT2D eigenvalue weighted by molar-refractivity contribution is 5.83. The number of aryl methyl sites for hydroxylation is 2. The highest BCUT2D eigenvalue weighted by Gasteiger charge is 2.18. The van der Waals surface area contributed by atoms with Crippen molar-refractivity contribution in [3.8, 4) is 23.0 Å². The van der Waals surface area contributed by atoms with Gasteiger partial charge in [0.05, 0.1) is 6.33 Å². The first kappa shape index (κ1) is 21.5. The van der Waals surface area contributed by atoms with Gasteiger partial charge in [-0.15, -0.1) is 0 Å². The lowest BCUT2D eigenvalue weighted by atomic mass is 10.2. The Morgan fingerprint density at radius 1 is 1.21 bits per heavy atom. The van der Waals surface area contributed by atoms with Crippen LogP contribution in [-0.2, 0) is 20.1 Å². The van der Waals surface area contributed by atoms with Crippen LogP contribution in [0.4, 0.5) is 10.6 Å². The molecule has 12 nitrogen and oxygen atoms in total. The monoisotopic (exact) mass is 464 g/mol. The van der Waals surface area contributed by atoms with Gasteiger partial charge in [-0.2, -0.15) is 5.10 Å². The van der Waals surface area contributed by atoms with Crippen molar-refractivity contribution < 1.29 is 19.4 Å². The summed E-state index contributed by atoms with van der Waals surface area (Å²) in [6.45, 7) is 1.48. The molecule has 176 valence electrons. The van der Waals surface area contributed by atoms with Crippen molar-refractivity contribution in [3.05, 3.63) is 42.4 Å². The van der Waals surface area contributed by atoms with Crippen molar-refractivity contribution in [1.82, 2.24) is 34.2 Å². The summed E-state index contributed by atoms with van der Waals surface area (Å²) in [5.41, 5.74) is 8.90. The molecule has 1 aromatic carbocycles. The van der Waals surface area contributed by atoms with Gasteiger partial charge in [-0.05, 0) is 36.6 Å². The van der Waals surface area contributed by atoms with Crippen molar-refractivity contribution in [2.75, 3.05) is 19.1 Å². The predicted octanol–water partition coefficient (Wildman–Crippen LogP) is 2.50. The molecule has 3 aromatic heterocycles. The molecular formula is C22H24N8O4. The van der Waals surface area contributed by atoms with Crippen molar-refractivity contribution in [2.45, 2.75) is 25.9 Å². The molecule has 0 saturated carbocycles. The molecule has 34 heavy (non-hydrogen) atoms. The minimum Gasteiger partial charge on any atom is -0.465 e. The van der Waals surface area contributed by atoms with E-state index in [0.29, 0.717) is 53.8 Å². The van der Waals surface area contributed by atoms with Gasteiger partial charge in [-0.1, -0.05) is 6.07 Å². The van der Waals surface area contributed by atoms with E-state index in [-0.39, 0.29) is 13.3 Å². The molecule has 5 rings (SSSR count). The number of carboxylic acid groups (broad SMARTS) is 1. The number of amides is 1. The van der Waals surface area contributed by atoms with E-state index in [1.165, 1.54) is 4.90 Å². The van der Waals surface area contributed by atoms with Crippen LogP contribution in [0.1, 0.15) is 18.4 Å². The van der Waals surface area contributed by atoms with Crippen LogP contribution in [0, 0.1) is 0 Å². The predicted molar refractivity (Wildman–Crippen MR) is 122 cm³/mol. The third-order valence-corrected chi connectivity index (χ3v) is 5.70. The van der Waals surface area contributed by atoms with Crippen LogP contribution in [0.15, 0.2) is 36.8 Å². The number of aromatic nitrogens is 6. The Labute approximate surface area is 194 Å². The SMILES string of the molecule is Cn1nccc1-c1nc(N)c2ncn(CCCCN(Cc3ccc4c(c3)OCO4)C(=O)O)c2n1. The highest BCUT2D eigenvalue weighted by Crippen LogP contribution is 2.32. The quantitative estimate of drug-likeness (QED) is 0.375. The van der Waals surface area contributed by atoms with E-state index >= 15 is 0 Å². The number of hydrogen-bond donors (Lipinski definition) is 2. The first-order valence-corrected chi connectivity index (χ1v) is 10.8. The van der Waals surface area contributed by atoms with E-state index in [9.17, 15) is 9.90 Å². The smallest absolute Gasteiger partial charge is 0.407 e. The van der Waals surface area contributed by atoms with Crippen molar-refractivity contribution >= 4 is 23.1 Å². The van der Waals surface area contributed by atoms with Gasteiger partial charge in [0, 0.05) is 32.9 Å². The number of carbonyl (C=O) groups is 1. The fourth-order valence-electron chi connectivity index (χ4n) is 3.92. The molecule has 0 bridgehead atoms. The number of nitrogen functional groups attached to an aromatic ring is 1. The molecule has 0 atom stereocenters. The van der Waals surface area contributed by atoms with E-state index in [2.05, 4.69) is 20.1 Å². The van der Waals surface area contributed by atoms with Gasteiger partial charge in [-0.25, -0.2) is 19.7 Å². The molecule has 0 aliphatic carbocycles. The van der Waals surface area contributed by atoms with Crippen LogP contribution < -0.4 is 15.2 Å². The Bertz CT molecular complexity index is 1350. The minimum absolute atomic E-state index is 0.185. The zero-order chi connectivity index (χ0) is 23.7. The fourth-order valence-corrected chi connectivity index (χ4v) is 3.92. The summed E-state index contributed by atoms with van der Waals surface area (Å²) in [7, 11) is 1.81. The van der Waals surface area contributed by atoms with Gasteiger partial charge in [0.15, 0.2) is 28.8 Å². The lowest BCUT2D eigenvalue weighted by Gasteiger charge is -2.19. The van der Waals surface area contributed by atoms with Crippen molar-refractivity contribution in [3.63, 3.8) is 0 Å². The summed E-state index contributed by atoms with van der Waals surface area (Å²) in [5.74, 6) is 2.10. The standard InChI is InChI=1S/C22H24N8O4/c1-28-15(6-7-25-28)20-26-19(23)18-21(27-20)30(12-24-18)9-3-2-8-29(22(31)32)11-14-4-5-16-17(10-14)34-13-33-16/h4-7,10,12H,2-3,8-9,11,13H2,1H3,(H,31,32)(H2,23,26,27). The average molecular weight is 464 g/mol. The summed E-state index contributed by atoms with van der Waals surface area (Å²) in [5, 5.41) is 13.8. The second kappa shape index (κ2) is 8.89. The number of nitrogens with two attached hydrogens (primary N) is 1. The van der Waals surface area contributed by atoms with Crippen LogP contribution in [0.2, 0.25) is 0 Å². The van der Waals surface area contributed by atoms with Crippen molar-refractivity contribution in [2.24, 2.45) is 7.05 Å². The molecule has 4 aromatic rings. The topological polar surface area (TPSA) is 146 Å². The lowest BCUT2D eigenvalue weighted by molar-refractivity contribution is 0.141. The summed E-state index contributed by atoms with van der Waals surface area (Å²) in [4.78, 5) is 26.5. The maximum atomic E-state index is 11.8. The second-order valence-corrected chi connectivity index (χ2v) is 7.98. The number of rotatable bonds is 8. The summed E-state index contributed by atoms with van der Waals surface area (Å²) in [6, 6.07) is 7.29. The van der Waals surface area contributed by atoms with Crippen LogP contribution in [-0.4, -0.2) is 58.7 Å². The maximum absolute atomic E-state index is 11.8. The second-order valence-electron chi connectivity index (χ2n) is 7.98. The van der Waals surface area contributed by atoms with E-state index in [1.807, 2.05) is 29.8 Å². The fraction of sp³-hybridized carbons (Fsp3) is 0.318. The molecule has 0 spiro atoms. The van der Waals surface area contributed by atoms with Gasteiger partial charge in [0.2, 0.25) is 6.79 Å². The van der Waals surface area contributed by atoms with Gasteiger partial charge >= 0.3 is 6.09 Å². The van der Waals surface area contributed by atoms with E-state index in [4.69, 9.17) is 15.2 Å². The average Bonchev–Trinajstić information content (AvgIpc) is 3.55. The van der Waals surface area contributed by atoms with Crippen LogP contribution in [0.3, 0.4) is 0 Å². The molecule has 1 aliphatic rings. The number of hydrogen-bond acceptors (Lipinski definition) is 8. The number of benzene rings is 1. The van der Waals surface area contributed by atoms with Crippen LogP contribution in [0.25, 0.3) is 22.7 Å². The molecule has 0 saturated heterocycles. The Morgan fingerprint density at radius 2 is 2.06 bits per heavy atom.